The summed E-state index contributed by atoms with van der Waals surface area (Å²) in [6, 6.07) is 7.57. The molecule has 3 heteroatoms. The molecular weight excluding hydrogens is 214 g/mol. The average Bonchev–Trinajstić information content (AvgIpc) is 2.33. The zero-order valence-electron chi connectivity index (χ0n) is 9.84. The van der Waals surface area contributed by atoms with E-state index in [2.05, 4.69) is 0 Å². The molecule has 0 heterocycles. The van der Waals surface area contributed by atoms with Crippen molar-refractivity contribution in [1.82, 2.24) is 0 Å². The minimum Gasteiger partial charge on any atom is -0.398 e. The second-order valence-corrected chi connectivity index (χ2v) is 4.25. The number of methoxy groups -OCH3 is 1. The topological polar surface area (TPSA) is 55.5 Å². The highest BCUT2D eigenvalue weighted by atomic mass is 16.5. The number of hydrogen-bond acceptors (Lipinski definition) is 3. The van der Waals surface area contributed by atoms with E-state index in [1.165, 1.54) is 0 Å². The highest BCUT2D eigenvalue weighted by Crippen LogP contribution is 2.36. The lowest BCUT2D eigenvalue weighted by Crippen LogP contribution is -2.42. The molecule has 0 bridgehead atoms. The van der Waals surface area contributed by atoms with Crippen LogP contribution in [0.25, 0.3) is 0 Å². The Labute approximate surface area is 101 Å². The van der Waals surface area contributed by atoms with Gasteiger partial charge >= 0.3 is 0 Å². The van der Waals surface area contributed by atoms with Gasteiger partial charge in [0.15, 0.2) is 0 Å². The van der Waals surface area contributed by atoms with Gasteiger partial charge < -0.3 is 15.6 Å². The van der Waals surface area contributed by atoms with Gasteiger partial charge in [0.05, 0.1) is 18.1 Å². The fourth-order valence-electron chi connectivity index (χ4n) is 2.29. The number of allylic oxidation sites excluding steroid dienone is 2. The van der Waals surface area contributed by atoms with Crippen LogP contribution in [-0.4, -0.2) is 24.9 Å². The predicted molar refractivity (Wildman–Crippen MR) is 68.7 cm³/mol. The van der Waals surface area contributed by atoms with Crippen LogP contribution in [0.5, 0.6) is 0 Å². The zero-order valence-corrected chi connectivity index (χ0v) is 9.84. The van der Waals surface area contributed by atoms with E-state index < -0.39 is 11.5 Å². The van der Waals surface area contributed by atoms with Crippen molar-refractivity contribution in [1.29, 1.82) is 0 Å². The summed E-state index contributed by atoms with van der Waals surface area (Å²) in [4.78, 5) is 0. The first-order chi connectivity index (χ1) is 8.20. The fraction of sp³-hybridized carbons (Fsp3) is 0.286. The quantitative estimate of drug-likeness (QED) is 0.777. The maximum atomic E-state index is 10.3. The van der Waals surface area contributed by atoms with Crippen LogP contribution in [0, 0.1) is 0 Å². The molecule has 0 aliphatic heterocycles. The number of anilines is 1. The highest BCUT2D eigenvalue weighted by molar-refractivity contribution is 5.55. The molecule has 1 aromatic rings. The number of para-hydroxylation sites is 1. The van der Waals surface area contributed by atoms with E-state index >= 15 is 0 Å². The van der Waals surface area contributed by atoms with Crippen molar-refractivity contribution < 1.29 is 9.84 Å². The summed E-state index contributed by atoms with van der Waals surface area (Å²) in [5.74, 6) is 0. The number of hydrogen-bond donors (Lipinski definition) is 2. The minimum atomic E-state index is -0.628. The maximum Gasteiger partial charge on any atom is 0.0878 e. The molecule has 0 aromatic heterocycles. The smallest absolute Gasteiger partial charge is 0.0878 e. The van der Waals surface area contributed by atoms with E-state index in [-0.39, 0.29) is 0 Å². The second-order valence-electron chi connectivity index (χ2n) is 4.25. The Morgan fingerprint density at radius 1 is 1.35 bits per heavy atom. The first kappa shape index (κ1) is 11.9. The Morgan fingerprint density at radius 3 is 2.76 bits per heavy atom. The van der Waals surface area contributed by atoms with Gasteiger partial charge in [0.25, 0.3) is 0 Å². The van der Waals surface area contributed by atoms with E-state index in [1.807, 2.05) is 42.5 Å². The molecule has 2 rings (SSSR count). The molecular formula is C14H17NO2. The Bertz CT molecular complexity index is 453. The van der Waals surface area contributed by atoms with Crippen molar-refractivity contribution >= 4 is 5.69 Å². The standard InChI is InChI=1S/C14H17NO2/c1-17-10-14(9-5-4-8-13(14)16)11-6-2-3-7-12(11)15/h2-9,13,16H,10,15H2,1H3. The molecule has 2 unspecified atom stereocenters. The van der Waals surface area contributed by atoms with Gasteiger partial charge in [0.1, 0.15) is 0 Å². The van der Waals surface area contributed by atoms with E-state index in [0.29, 0.717) is 12.3 Å². The third kappa shape index (κ3) is 1.99. The molecule has 90 valence electrons. The van der Waals surface area contributed by atoms with Gasteiger partial charge in [-0.3, -0.25) is 0 Å². The van der Waals surface area contributed by atoms with Crippen molar-refractivity contribution in [2.45, 2.75) is 11.5 Å². The van der Waals surface area contributed by atoms with Gasteiger partial charge in [-0.25, -0.2) is 0 Å². The molecule has 0 amide bonds. The molecule has 17 heavy (non-hydrogen) atoms. The van der Waals surface area contributed by atoms with Crippen molar-refractivity contribution in [3.8, 4) is 0 Å². The molecule has 0 fully saturated rings. The largest absolute Gasteiger partial charge is 0.398 e. The van der Waals surface area contributed by atoms with Gasteiger partial charge in [0, 0.05) is 12.8 Å². The Morgan fingerprint density at radius 2 is 2.12 bits per heavy atom. The summed E-state index contributed by atoms with van der Waals surface area (Å²) in [5.41, 5.74) is 6.98. The number of ether oxygens (including phenoxy) is 1. The lowest BCUT2D eigenvalue weighted by atomic mass is 9.73. The van der Waals surface area contributed by atoms with Crippen LogP contribution in [0.15, 0.2) is 48.6 Å². The summed E-state index contributed by atoms with van der Waals surface area (Å²) < 4.78 is 5.26. The van der Waals surface area contributed by atoms with Crippen LogP contribution in [0.2, 0.25) is 0 Å². The van der Waals surface area contributed by atoms with E-state index in [0.717, 1.165) is 5.56 Å². The van der Waals surface area contributed by atoms with Gasteiger partial charge in [-0.1, -0.05) is 42.5 Å². The summed E-state index contributed by atoms with van der Waals surface area (Å²) in [6.07, 6.45) is 6.82. The predicted octanol–water partition coefficient (Wildman–Crippen LogP) is 1.64. The first-order valence-corrected chi connectivity index (χ1v) is 5.59. The van der Waals surface area contributed by atoms with Gasteiger partial charge in [-0.2, -0.15) is 0 Å². The molecule has 2 atom stereocenters. The first-order valence-electron chi connectivity index (χ1n) is 5.59. The lowest BCUT2D eigenvalue weighted by molar-refractivity contribution is 0.0714. The normalized spacial score (nSPS) is 27.3. The summed E-state index contributed by atoms with van der Waals surface area (Å²) in [5, 5.41) is 10.3. The van der Waals surface area contributed by atoms with Crippen LogP contribution in [-0.2, 0) is 10.2 Å². The average molecular weight is 231 g/mol. The van der Waals surface area contributed by atoms with Crippen LogP contribution in [0.4, 0.5) is 5.69 Å². The number of nitrogens with two attached hydrogens (primary N) is 1. The molecule has 1 aliphatic carbocycles. The number of aliphatic hydroxyl groups excluding tert-OH is 1. The van der Waals surface area contributed by atoms with Crippen LogP contribution in [0.3, 0.4) is 0 Å². The van der Waals surface area contributed by atoms with E-state index in [9.17, 15) is 5.11 Å². The lowest BCUT2D eigenvalue weighted by Gasteiger charge is -2.36. The zero-order chi connectivity index (χ0) is 12.3. The highest BCUT2D eigenvalue weighted by Gasteiger charge is 2.38. The summed E-state index contributed by atoms with van der Waals surface area (Å²) in [7, 11) is 1.62. The Kier molecular flexibility index (Phi) is 3.31. The van der Waals surface area contributed by atoms with Crippen molar-refractivity contribution in [2.24, 2.45) is 0 Å². The van der Waals surface area contributed by atoms with Gasteiger partial charge in [-0.05, 0) is 11.6 Å². The van der Waals surface area contributed by atoms with Crippen molar-refractivity contribution in [3.05, 3.63) is 54.1 Å². The number of benzene rings is 1. The maximum absolute atomic E-state index is 10.3. The van der Waals surface area contributed by atoms with Crippen LogP contribution >= 0.6 is 0 Å². The fourth-order valence-corrected chi connectivity index (χ4v) is 2.29. The summed E-state index contributed by atoms with van der Waals surface area (Å²) >= 11 is 0. The summed E-state index contributed by atoms with van der Waals surface area (Å²) in [6.45, 7) is 0.392. The second kappa shape index (κ2) is 4.73. The molecule has 1 aromatic carbocycles. The number of nitrogen functional groups attached to an aromatic ring is 1. The van der Waals surface area contributed by atoms with Crippen molar-refractivity contribution in [2.75, 3.05) is 19.5 Å². The molecule has 3 N–H and O–H groups in total. The third-order valence-corrected chi connectivity index (χ3v) is 3.17. The monoisotopic (exact) mass is 231 g/mol. The molecule has 0 radical (unpaired) electrons. The molecule has 0 spiro atoms. The van der Waals surface area contributed by atoms with Crippen LogP contribution in [0.1, 0.15) is 5.56 Å². The Balaban J connectivity index is 2.52. The third-order valence-electron chi connectivity index (χ3n) is 3.17. The number of aliphatic hydroxyl groups is 1. The molecule has 0 saturated carbocycles. The molecule has 0 saturated heterocycles. The van der Waals surface area contributed by atoms with Gasteiger partial charge in [-0.15, -0.1) is 0 Å². The number of rotatable bonds is 3. The Hall–Kier alpha value is -1.58. The minimum absolute atomic E-state index is 0.392. The molecule has 3 nitrogen and oxygen atoms in total. The van der Waals surface area contributed by atoms with E-state index in [1.54, 1.807) is 13.2 Å². The SMILES string of the molecule is COCC1(c2ccccc2N)C=CC=CC1O. The van der Waals surface area contributed by atoms with Gasteiger partial charge in [0.2, 0.25) is 0 Å². The van der Waals surface area contributed by atoms with E-state index in [4.69, 9.17) is 10.5 Å². The molecule has 1 aliphatic rings. The van der Waals surface area contributed by atoms with Crippen molar-refractivity contribution in [3.63, 3.8) is 0 Å². The van der Waals surface area contributed by atoms with Crippen LogP contribution < -0.4 is 5.73 Å².